The molecule has 0 saturated carbocycles. The van der Waals surface area contributed by atoms with Crippen LogP contribution in [0, 0.1) is 5.82 Å². The molecule has 0 spiro atoms. The fourth-order valence-corrected chi connectivity index (χ4v) is 2.07. The zero-order valence-corrected chi connectivity index (χ0v) is 11.3. The van der Waals surface area contributed by atoms with Gasteiger partial charge in [0.1, 0.15) is 5.82 Å². The number of benzene rings is 2. The molecule has 1 amide bonds. The Morgan fingerprint density at radius 1 is 1.16 bits per heavy atom. The van der Waals surface area contributed by atoms with Crippen molar-refractivity contribution in [3.05, 3.63) is 65.5 Å². The highest BCUT2D eigenvalue weighted by atomic mass is 32.2. The Balaban J connectivity index is 1.98. The van der Waals surface area contributed by atoms with Crippen molar-refractivity contribution in [1.82, 2.24) is 5.32 Å². The minimum absolute atomic E-state index is 0.0724. The number of nitrogens with one attached hydrogen (secondary N) is 1. The second-order valence-corrected chi connectivity index (χ2v) is 4.89. The number of carbonyl (C=O) groups excluding carboxylic acids is 1. The van der Waals surface area contributed by atoms with Gasteiger partial charge in [-0.25, -0.2) is 4.39 Å². The van der Waals surface area contributed by atoms with Crippen LogP contribution in [0.15, 0.2) is 53.4 Å². The zero-order valence-electron chi connectivity index (χ0n) is 10.5. The summed E-state index contributed by atoms with van der Waals surface area (Å²) >= 11 is 1.66. The standard InChI is InChI=1S/C15H14FNOS/c1-19-12-8-6-11(7-9-12)10-17-15(18)13-4-2-3-5-14(13)16/h2-9H,10H2,1H3,(H,17,18). The molecule has 0 aromatic heterocycles. The molecule has 98 valence electrons. The monoisotopic (exact) mass is 275 g/mol. The van der Waals surface area contributed by atoms with E-state index in [0.29, 0.717) is 6.54 Å². The fourth-order valence-electron chi connectivity index (χ4n) is 1.67. The summed E-state index contributed by atoms with van der Waals surface area (Å²) in [5.41, 5.74) is 1.06. The van der Waals surface area contributed by atoms with Gasteiger partial charge in [-0.1, -0.05) is 24.3 Å². The Morgan fingerprint density at radius 3 is 2.47 bits per heavy atom. The van der Waals surface area contributed by atoms with E-state index in [-0.39, 0.29) is 5.56 Å². The first-order valence-electron chi connectivity index (χ1n) is 5.86. The van der Waals surface area contributed by atoms with E-state index in [4.69, 9.17) is 0 Å². The van der Waals surface area contributed by atoms with Gasteiger partial charge < -0.3 is 5.32 Å². The SMILES string of the molecule is CSc1ccc(CNC(=O)c2ccccc2F)cc1. The molecule has 0 heterocycles. The van der Waals surface area contributed by atoms with Crippen LogP contribution < -0.4 is 5.32 Å². The Bertz CT molecular complexity index is 569. The van der Waals surface area contributed by atoms with Crippen LogP contribution in [0.25, 0.3) is 0 Å². The molecule has 2 aromatic rings. The lowest BCUT2D eigenvalue weighted by Gasteiger charge is -2.06. The number of hydrogen-bond acceptors (Lipinski definition) is 2. The Kier molecular flexibility index (Phi) is 4.58. The first kappa shape index (κ1) is 13.6. The summed E-state index contributed by atoms with van der Waals surface area (Å²) in [6.45, 7) is 0.391. The van der Waals surface area contributed by atoms with Crippen molar-refractivity contribution in [3.63, 3.8) is 0 Å². The van der Waals surface area contributed by atoms with Crippen molar-refractivity contribution in [2.24, 2.45) is 0 Å². The minimum atomic E-state index is -0.502. The number of amides is 1. The van der Waals surface area contributed by atoms with Crippen LogP contribution in [0.3, 0.4) is 0 Å². The molecule has 0 unspecified atom stereocenters. The average molecular weight is 275 g/mol. The predicted molar refractivity (Wildman–Crippen MR) is 75.8 cm³/mol. The highest BCUT2D eigenvalue weighted by Gasteiger charge is 2.09. The molecule has 0 radical (unpaired) electrons. The van der Waals surface area contributed by atoms with E-state index in [9.17, 15) is 9.18 Å². The summed E-state index contributed by atoms with van der Waals surface area (Å²) in [5, 5.41) is 2.71. The van der Waals surface area contributed by atoms with Crippen molar-refractivity contribution >= 4 is 17.7 Å². The van der Waals surface area contributed by atoms with Gasteiger partial charge >= 0.3 is 0 Å². The molecule has 0 saturated heterocycles. The van der Waals surface area contributed by atoms with Gasteiger partial charge in [-0.2, -0.15) is 0 Å². The molecule has 2 aromatic carbocycles. The molecule has 0 aliphatic carbocycles. The number of halogens is 1. The van der Waals surface area contributed by atoms with Crippen LogP contribution in [-0.4, -0.2) is 12.2 Å². The lowest BCUT2D eigenvalue weighted by Crippen LogP contribution is -2.23. The van der Waals surface area contributed by atoms with Crippen molar-refractivity contribution in [1.29, 1.82) is 0 Å². The van der Waals surface area contributed by atoms with E-state index in [1.54, 1.807) is 23.9 Å². The average Bonchev–Trinajstić information content (AvgIpc) is 2.46. The molecule has 19 heavy (non-hydrogen) atoms. The van der Waals surface area contributed by atoms with Gasteiger partial charge in [0.05, 0.1) is 5.56 Å². The third kappa shape index (κ3) is 3.58. The largest absolute Gasteiger partial charge is 0.348 e. The molecule has 2 nitrogen and oxygen atoms in total. The zero-order chi connectivity index (χ0) is 13.7. The number of hydrogen-bond donors (Lipinski definition) is 1. The van der Waals surface area contributed by atoms with Gasteiger partial charge in [0.15, 0.2) is 0 Å². The van der Waals surface area contributed by atoms with E-state index in [2.05, 4.69) is 5.32 Å². The van der Waals surface area contributed by atoms with Crippen LogP contribution in [-0.2, 0) is 6.54 Å². The maximum absolute atomic E-state index is 13.4. The normalized spacial score (nSPS) is 10.2. The molecule has 4 heteroatoms. The third-order valence-corrected chi connectivity index (χ3v) is 3.47. The van der Waals surface area contributed by atoms with Gasteiger partial charge in [0.25, 0.3) is 5.91 Å². The maximum atomic E-state index is 13.4. The first-order chi connectivity index (χ1) is 9.20. The van der Waals surface area contributed by atoms with Crippen LogP contribution in [0.1, 0.15) is 15.9 Å². The van der Waals surface area contributed by atoms with Gasteiger partial charge in [0.2, 0.25) is 0 Å². The second-order valence-electron chi connectivity index (χ2n) is 4.01. The summed E-state index contributed by atoms with van der Waals surface area (Å²) in [5.74, 6) is -0.898. The first-order valence-corrected chi connectivity index (χ1v) is 7.09. The molecule has 1 N–H and O–H groups in total. The molecular formula is C15H14FNOS. The quantitative estimate of drug-likeness (QED) is 0.866. The van der Waals surface area contributed by atoms with Crippen molar-refractivity contribution < 1.29 is 9.18 Å². The highest BCUT2D eigenvalue weighted by molar-refractivity contribution is 7.98. The van der Waals surface area contributed by atoms with E-state index >= 15 is 0 Å². The van der Waals surface area contributed by atoms with Gasteiger partial charge in [-0.15, -0.1) is 11.8 Å². The lowest BCUT2D eigenvalue weighted by atomic mass is 10.2. The van der Waals surface area contributed by atoms with Crippen molar-refractivity contribution in [3.8, 4) is 0 Å². The van der Waals surface area contributed by atoms with Crippen LogP contribution in [0.5, 0.6) is 0 Å². The minimum Gasteiger partial charge on any atom is -0.348 e. The topological polar surface area (TPSA) is 29.1 Å². The summed E-state index contributed by atoms with van der Waals surface area (Å²) in [4.78, 5) is 13.0. The molecule has 2 rings (SSSR count). The summed E-state index contributed by atoms with van der Waals surface area (Å²) in [6, 6.07) is 13.9. The lowest BCUT2D eigenvalue weighted by molar-refractivity contribution is 0.0947. The van der Waals surface area contributed by atoms with E-state index in [0.717, 1.165) is 5.56 Å². The molecular weight excluding hydrogens is 261 g/mol. The molecule has 0 atom stereocenters. The second kappa shape index (κ2) is 6.38. The Labute approximate surface area is 116 Å². The van der Waals surface area contributed by atoms with Crippen LogP contribution in [0.2, 0.25) is 0 Å². The fraction of sp³-hybridized carbons (Fsp3) is 0.133. The summed E-state index contributed by atoms with van der Waals surface area (Å²) in [6.07, 6.45) is 2.01. The highest BCUT2D eigenvalue weighted by Crippen LogP contribution is 2.15. The Hall–Kier alpha value is -1.81. The van der Waals surface area contributed by atoms with Gasteiger partial charge in [-0.3, -0.25) is 4.79 Å². The third-order valence-electron chi connectivity index (χ3n) is 2.73. The number of rotatable bonds is 4. The van der Waals surface area contributed by atoms with Gasteiger partial charge in [0, 0.05) is 11.4 Å². The summed E-state index contributed by atoms with van der Waals surface area (Å²) in [7, 11) is 0. The number of thioether (sulfide) groups is 1. The maximum Gasteiger partial charge on any atom is 0.254 e. The van der Waals surface area contributed by atoms with Gasteiger partial charge in [-0.05, 0) is 36.1 Å². The molecule has 0 bridgehead atoms. The molecule has 0 aliphatic rings. The predicted octanol–water partition coefficient (Wildman–Crippen LogP) is 3.48. The van der Waals surface area contributed by atoms with E-state index in [1.165, 1.54) is 17.0 Å². The van der Waals surface area contributed by atoms with E-state index < -0.39 is 11.7 Å². The summed E-state index contributed by atoms with van der Waals surface area (Å²) < 4.78 is 13.4. The molecule has 0 fully saturated rings. The van der Waals surface area contributed by atoms with Crippen LogP contribution in [0.4, 0.5) is 4.39 Å². The molecule has 0 aliphatic heterocycles. The smallest absolute Gasteiger partial charge is 0.254 e. The van der Waals surface area contributed by atoms with Crippen molar-refractivity contribution in [2.45, 2.75) is 11.4 Å². The Morgan fingerprint density at radius 2 is 1.84 bits per heavy atom. The van der Waals surface area contributed by atoms with Crippen LogP contribution >= 0.6 is 11.8 Å². The van der Waals surface area contributed by atoms with E-state index in [1.807, 2.05) is 30.5 Å². The number of carbonyl (C=O) groups is 1. The van der Waals surface area contributed by atoms with Crippen molar-refractivity contribution in [2.75, 3.05) is 6.26 Å².